The number of nitrogens with two attached hydrogens (primary N) is 1. The highest BCUT2D eigenvalue weighted by molar-refractivity contribution is 5.86. The van der Waals surface area contributed by atoms with Crippen LogP contribution in [0.15, 0.2) is 24.4 Å². The number of carbonyl (C=O) groups excluding carboxylic acids is 1. The van der Waals surface area contributed by atoms with Gasteiger partial charge in [-0.05, 0) is 24.6 Å². The first-order valence-electron chi connectivity index (χ1n) is 6.37. The fourth-order valence-electron chi connectivity index (χ4n) is 2.15. The van der Waals surface area contributed by atoms with Crippen LogP contribution in [0.25, 0.3) is 10.8 Å². The summed E-state index contributed by atoms with van der Waals surface area (Å²) in [5.41, 5.74) is 5.88. The van der Waals surface area contributed by atoms with E-state index in [1.165, 1.54) is 24.4 Å². The molecule has 5 N–H and O–H groups in total. The van der Waals surface area contributed by atoms with E-state index in [4.69, 9.17) is 10.8 Å². The SMILES string of the molecule is CC(NC(N)=O)c1cc2c(F)ccc(C(O)CO)c2cn1. The van der Waals surface area contributed by atoms with Crippen molar-refractivity contribution >= 4 is 16.8 Å². The van der Waals surface area contributed by atoms with Gasteiger partial charge in [-0.25, -0.2) is 9.18 Å². The van der Waals surface area contributed by atoms with E-state index in [0.717, 1.165) is 0 Å². The Bertz CT molecular complexity index is 678. The molecule has 0 bridgehead atoms. The van der Waals surface area contributed by atoms with Crippen LogP contribution in [0, 0.1) is 5.82 Å². The first-order valence-corrected chi connectivity index (χ1v) is 6.37. The van der Waals surface area contributed by atoms with Crippen molar-refractivity contribution in [2.24, 2.45) is 5.73 Å². The molecule has 2 amide bonds. The number of benzene rings is 1. The Labute approximate surface area is 120 Å². The summed E-state index contributed by atoms with van der Waals surface area (Å²) in [4.78, 5) is 15.0. The number of aliphatic hydroxyl groups excluding tert-OH is 2. The predicted molar refractivity (Wildman–Crippen MR) is 74.9 cm³/mol. The number of primary amides is 1. The van der Waals surface area contributed by atoms with Gasteiger partial charge in [0.1, 0.15) is 11.9 Å². The monoisotopic (exact) mass is 293 g/mol. The van der Waals surface area contributed by atoms with Gasteiger partial charge in [0.15, 0.2) is 0 Å². The van der Waals surface area contributed by atoms with Gasteiger partial charge in [0.2, 0.25) is 0 Å². The fourth-order valence-corrected chi connectivity index (χ4v) is 2.15. The van der Waals surface area contributed by atoms with Crippen LogP contribution in [0.1, 0.15) is 30.3 Å². The van der Waals surface area contributed by atoms with Crippen molar-refractivity contribution in [1.82, 2.24) is 10.3 Å². The van der Waals surface area contributed by atoms with Crippen molar-refractivity contribution in [2.45, 2.75) is 19.1 Å². The van der Waals surface area contributed by atoms with Crippen LogP contribution in [0.5, 0.6) is 0 Å². The maximum atomic E-state index is 14.0. The van der Waals surface area contributed by atoms with Crippen LogP contribution >= 0.6 is 0 Å². The third kappa shape index (κ3) is 3.09. The van der Waals surface area contributed by atoms with Gasteiger partial charge in [-0.15, -0.1) is 0 Å². The number of aromatic nitrogens is 1. The Kier molecular flexibility index (Phi) is 4.35. The number of carbonyl (C=O) groups is 1. The number of hydrogen-bond acceptors (Lipinski definition) is 4. The number of aliphatic hydroxyl groups is 2. The minimum atomic E-state index is -1.11. The Morgan fingerprint density at radius 2 is 2.19 bits per heavy atom. The summed E-state index contributed by atoms with van der Waals surface area (Å²) < 4.78 is 14.0. The van der Waals surface area contributed by atoms with Crippen molar-refractivity contribution in [1.29, 1.82) is 0 Å². The summed E-state index contributed by atoms with van der Waals surface area (Å²) >= 11 is 0. The van der Waals surface area contributed by atoms with Gasteiger partial charge in [0.25, 0.3) is 0 Å². The molecule has 0 radical (unpaired) electrons. The summed E-state index contributed by atoms with van der Waals surface area (Å²) in [5.74, 6) is -0.478. The lowest BCUT2D eigenvalue weighted by Crippen LogP contribution is -2.32. The zero-order chi connectivity index (χ0) is 15.6. The number of halogens is 1. The number of pyridine rings is 1. The molecule has 0 saturated carbocycles. The average Bonchev–Trinajstić information content (AvgIpc) is 2.46. The van der Waals surface area contributed by atoms with E-state index in [1.807, 2.05) is 0 Å². The second-order valence-corrected chi connectivity index (χ2v) is 4.72. The van der Waals surface area contributed by atoms with Gasteiger partial charge in [0.05, 0.1) is 18.3 Å². The molecule has 1 aromatic carbocycles. The molecule has 0 spiro atoms. The van der Waals surface area contributed by atoms with Crippen LogP contribution in [0.3, 0.4) is 0 Å². The number of urea groups is 1. The molecular formula is C14H16FN3O3. The fraction of sp³-hybridized carbons (Fsp3) is 0.286. The van der Waals surface area contributed by atoms with Crippen molar-refractivity contribution in [3.8, 4) is 0 Å². The molecule has 2 aromatic rings. The molecule has 6 nitrogen and oxygen atoms in total. The lowest BCUT2D eigenvalue weighted by Gasteiger charge is -2.15. The highest BCUT2D eigenvalue weighted by atomic mass is 19.1. The largest absolute Gasteiger partial charge is 0.393 e. The van der Waals surface area contributed by atoms with E-state index in [9.17, 15) is 14.3 Å². The van der Waals surface area contributed by atoms with Crippen LogP contribution in [-0.2, 0) is 0 Å². The minimum Gasteiger partial charge on any atom is -0.393 e. The highest BCUT2D eigenvalue weighted by Gasteiger charge is 2.16. The highest BCUT2D eigenvalue weighted by Crippen LogP contribution is 2.27. The molecule has 0 saturated heterocycles. The molecule has 21 heavy (non-hydrogen) atoms. The molecule has 2 unspecified atom stereocenters. The molecule has 1 aromatic heterocycles. The Hall–Kier alpha value is -2.25. The molecular weight excluding hydrogens is 277 g/mol. The van der Waals surface area contributed by atoms with Gasteiger partial charge in [-0.2, -0.15) is 0 Å². The number of rotatable bonds is 4. The lowest BCUT2D eigenvalue weighted by molar-refractivity contribution is 0.0967. The molecule has 1 heterocycles. The number of amides is 2. The average molecular weight is 293 g/mol. The zero-order valence-electron chi connectivity index (χ0n) is 11.4. The number of nitrogens with one attached hydrogen (secondary N) is 1. The molecule has 0 aliphatic carbocycles. The summed E-state index contributed by atoms with van der Waals surface area (Å²) in [6, 6.07) is 2.93. The van der Waals surface area contributed by atoms with Gasteiger partial charge in [0, 0.05) is 17.0 Å². The van der Waals surface area contributed by atoms with Crippen LogP contribution in [0.2, 0.25) is 0 Å². The number of nitrogens with zero attached hydrogens (tertiary/aromatic N) is 1. The molecule has 0 aliphatic heterocycles. The molecule has 7 heteroatoms. The normalized spacial score (nSPS) is 13.9. The standard InChI is InChI=1S/C14H16FN3O3/c1-7(18-14(16)21)12-4-9-10(5-17-12)8(13(20)6-19)2-3-11(9)15/h2-5,7,13,19-20H,6H2,1H3,(H3,16,18,21). The minimum absolute atomic E-state index is 0.253. The van der Waals surface area contributed by atoms with E-state index in [1.54, 1.807) is 6.92 Å². The zero-order valence-corrected chi connectivity index (χ0v) is 11.4. The third-order valence-corrected chi connectivity index (χ3v) is 3.24. The molecule has 112 valence electrons. The molecule has 0 fully saturated rings. The quantitative estimate of drug-likeness (QED) is 0.677. The van der Waals surface area contributed by atoms with E-state index >= 15 is 0 Å². The van der Waals surface area contributed by atoms with E-state index in [0.29, 0.717) is 16.6 Å². The maximum absolute atomic E-state index is 14.0. The van der Waals surface area contributed by atoms with Crippen molar-refractivity contribution in [3.05, 3.63) is 41.5 Å². The summed E-state index contributed by atoms with van der Waals surface area (Å²) in [6.45, 7) is 1.20. The van der Waals surface area contributed by atoms with Crippen molar-refractivity contribution in [3.63, 3.8) is 0 Å². The number of fused-ring (bicyclic) bond motifs is 1. The van der Waals surface area contributed by atoms with Gasteiger partial charge in [-0.1, -0.05) is 6.07 Å². The van der Waals surface area contributed by atoms with Crippen LogP contribution in [-0.4, -0.2) is 27.8 Å². The maximum Gasteiger partial charge on any atom is 0.312 e. The van der Waals surface area contributed by atoms with Gasteiger partial charge >= 0.3 is 6.03 Å². The third-order valence-electron chi connectivity index (χ3n) is 3.24. The van der Waals surface area contributed by atoms with E-state index in [-0.39, 0.29) is 5.39 Å². The second kappa shape index (κ2) is 6.02. The predicted octanol–water partition coefficient (Wildman–Crippen LogP) is 1.13. The van der Waals surface area contributed by atoms with E-state index < -0.39 is 30.6 Å². The molecule has 2 atom stereocenters. The Balaban J connectivity index is 2.52. The van der Waals surface area contributed by atoms with Crippen molar-refractivity contribution < 1.29 is 19.4 Å². The Morgan fingerprint density at radius 3 is 2.81 bits per heavy atom. The lowest BCUT2D eigenvalue weighted by atomic mass is 10.0. The van der Waals surface area contributed by atoms with Crippen LogP contribution < -0.4 is 11.1 Å². The second-order valence-electron chi connectivity index (χ2n) is 4.72. The molecule has 0 aliphatic rings. The summed E-state index contributed by atoms with van der Waals surface area (Å²) in [6.07, 6.45) is 0.295. The molecule has 2 rings (SSSR count). The smallest absolute Gasteiger partial charge is 0.312 e. The van der Waals surface area contributed by atoms with Gasteiger partial charge < -0.3 is 21.3 Å². The van der Waals surface area contributed by atoms with E-state index in [2.05, 4.69) is 10.3 Å². The first kappa shape index (κ1) is 15.1. The van der Waals surface area contributed by atoms with Crippen molar-refractivity contribution in [2.75, 3.05) is 6.61 Å². The van der Waals surface area contributed by atoms with Gasteiger partial charge in [-0.3, -0.25) is 4.98 Å². The summed E-state index contributed by atoms with van der Waals surface area (Å²) in [5, 5.41) is 21.9. The van der Waals surface area contributed by atoms with Crippen LogP contribution in [0.4, 0.5) is 9.18 Å². The first-order chi connectivity index (χ1) is 9.93. The summed E-state index contributed by atoms with van der Waals surface area (Å²) in [7, 11) is 0. The Morgan fingerprint density at radius 1 is 1.48 bits per heavy atom. The topological polar surface area (TPSA) is 108 Å². The number of hydrogen-bond donors (Lipinski definition) is 4.